The van der Waals surface area contributed by atoms with Crippen LogP contribution in [0.5, 0.6) is 6.01 Å². The number of hydrogen-bond donors (Lipinski definition) is 2. The summed E-state index contributed by atoms with van der Waals surface area (Å²) in [5, 5.41) is 12.8. The summed E-state index contributed by atoms with van der Waals surface area (Å²) in [6.45, 7) is 2.43. The largest absolute Gasteiger partial charge is 0.464 e. The van der Waals surface area contributed by atoms with Crippen LogP contribution in [0, 0.1) is 0 Å². The standard InChI is InChI=1S/C13H21N5O2/c1-3-20-13-16-11(14-2)15-12(17-13)18-8-4-5-9(18)7-10(19)6-8/h8-10,19H,3-7H2,1-2H3,(H,14,15,16,17). The summed E-state index contributed by atoms with van der Waals surface area (Å²) >= 11 is 0. The molecule has 2 atom stereocenters. The summed E-state index contributed by atoms with van der Waals surface area (Å²) in [6.07, 6.45) is 3.57. The van der Waals surface area contributed by atoms with Gasteiger partial charge in [-0.25, -0.2) is 0 Å². The maximum Gasteiger partial charge on any atom is 0.323 e. The fourth-order valence-corrected chi connectivity index (χ4v) is 3.24. The molecule has 2 unspecified atom stereocenters. The van der Waals surface area contributed by atoms with Gasteiger partial charge >= 0.3 is 6.01 Å². The van der Waals surface area contributed by atoms with Crippen LogP contribution in [0.15, 0.2) is 0 Å². The second kappa shape index (κ2) is 5.40. The quantitative estimate of drug-likeness (QED) is 0.843. The van der Waals surface area contributed by atoms with E-state index in [-0.39, 0.29) is 6.10 Å². The van der Waals surface area contributed by atoms with Gasteiger partial charge in [0.05, 0.1) is 12.7 Å². The third kappa shape index (κ3) is 2.37. The Morgan fingerprint density at radius 3 is 2.55 bits per heavy atom. The Bertz CT molecular complexity index is 470. The Kier molecular flexibility index (Phi) is 3.60. The van der Waals surface area contributed by atoms with Crippen LogP contribution in [-0.2, 0) is 0 Å². The highest BCUT2D eigenvalue weighted by molar-refractivity contribution is 5.42. The molecule has 0 aromatic carbocycles. The van der Waals surface area contributed by atoms with Crippen molar-refractivity contribution in [3.8, 4) is 6.01 Å². The molecule has 2 aliphatic rings. The number of ether oxygens (including phenoxy) is 1. The molecule has 3 rings (SSSR count). The average molecular weight is 279 g/mol. The molecular formula is C13H21N5O2. The number of fused-ring (bicyclic) bond motifs is 2. The van der Waals surface area contributed by atoms with Crippen molar-refractivity contribution in [2.24, 2.45) is 0 Å². The van der Waals surface area contributed by atoms with Gasteiger partial charge in [-0.2, -0.15) is 15.0 Å². The molecule has 2 saturated heterocycles. The van der Waals surface area contributed by atoms with E-state index in [1.807, 2.05) is 6.92 Å². The van der Waals surface area contributed by atoms with Gasteiger partial charge in [0.15, 0.2) is 0 Å². The second-order valence-corrected chi connectivity index (χ2v) is 5.34. The SMILES string of the molecule is CCOc1nc(NC)nc(N2C3CCC2CC(O)C3)n1. The maximum atomic E-state index is 9.88. The molecule has 2 fully saturated rings. The van der Waals surface area contributed by atoms with E-state index in [0.29, 0.717) is 36.6 Å². The molecule has 20 heavy (non-hydrogen) atoms. The maximum absolute atomic E-state index is 9.88. The number of hydrogen-bond acceptors (Lipinski definition) is 7. The molecule has 2 aliphatic heterocycles. The summed E-state index contributed by atoms with van der Waals surface area (Å²) in [4.78, 5) is 15.3. The molecule has 0 radical (unpaired) electrons. The number of rotatable bonds is 4. The molecule has 110 valence electrons. The third-order valence-corrected chi connectivity index (χ3v) is 4.04. The molecule has 3 heterocycles. The predicted molar refractivity (Wildman–Crippen MR) is 75.1 cm³/mol. The highest BCUT2D eigenvalue weighted by atomic mass is 16.5. The second-order valence-electron chi connectivity index (χ2n) is 5.34. The normalized spacial score (nSPS) is 28.6. The number of nitrogens with one attached hydrogen (secondary N) is 1. The van der Waals surface area contributed by atoms with Crippen LogP contribution in [0.2, 0.25) is 0 Å². The molecule has 1 aromatic heterocycles. The van der Waals surface area contributed by atoms with E-state index in [4.69, 9.17) is 4.74 Å². The highest BCUT2D eigenvalue weighted by Crippen LogP contribution is 2.38. The van der Waals surface area contributed by atoms with Gasteiger partial charge in [-0.05, 0) is 32.6 Å². The van der Waals surface area contributed by atoms with Crippen molar-refractivity contribution in [2.45, 2.75) is 50.8 Å². The topological polar surface area (TPSA) is 83.4 Å². The van der Waals surface area contributed by atoms with E-state index in [1.165, 1.54) is 0 Å². The number of aromatic nitrogens is 3. The first-order valence-electron chi connectivity index (χ1n) is 7.24. The molecule has 1 aromatic rings. The minimum absolute atomic E-state index is 0.194. The Labute approximate surface area is 118 Å². The van der Waals surface area contributed by atoms with Gasteiger partial charge in [0.25, 0.3) is 0 Å². The first-order valence-corrected chi connectivity index (χ1v) is 7.24. The van der Waals surface area contributed by atoms with Crippen LogP contribution in [0.3, 0.4) is 0 Å². The minimum Gasteiger partial charge on any atom is -0.464 e. The Morgan fingerprint density at radius 1 is 1.25 bits per heavy atom. The average Bonchev–Trinajstić information content (AvgIpc) is 2.71. The summed E-state index contributed by atoms with van der Waals surface area (Å²) in [6, 6.07) is 1.00. The van der Waals surface area contributed by atoms with Crippen molar-refractivity contribution < 1.29 is 9.84 Å². The summed E-state index contributed by atoms with van der Waals surface area (Å²) < 4.78 is 5.41. The van der Waals surface area contributed by atoms with Crippen LogP contribution in [0.4, 0.5) is 11.9 Å². The van der Waals surface area contributed by atoms with Crippen LogP contribution >= 0.6 is 0 Å². The lowest BCUT2D eigenvalue weighted by Gasteiger charge is -2.37. The van der Waals surface area contributed by atoms with Gasteiger partial charge in [-0.3, -0.25) is 0 Å². The number of piperidine rings is 1. The zero-order chi connectivity index (χ0) is 14.1. The van der Waals surface area contributed by atoms with Gasteiger partial charge < -0.3 is 20.1 Å². The lowest BCUT2D eigenvalue weighted by atomic mass is 10.0. The van der Waals surface area contributed by atoms with Gasteiger partial charge in [0.1, 0.15) is 0 Å². The van der Waals surface area contributed by atoms with Crippen molar-refractivity contribution in [3.63, 3.8) is 0 Å². The first-order chi connectivity index (χ1) is 9.71. The summed E-state index contributed by atoms with van der Waals surface area (Å²) in [5.74, 6) is 1.18. The molecule has 2 N–H and O–H groups in total. The molecule has 7 heteroatoms. The van der Waals surface area contributed by atoms with Crippen molar-refractivity contribution in [2.75, 3.05) is 23.9 Å². The summed E-state index contributed by atoms with van der Waals surface area (Å²) in [5.41, 5.74) is 0. The Morgan fingerprint density at radius 2 is 1.95 bits per heavy atom. The molecular weight excluding hydrogens is 258 g/mol. The van der Waals surface area contributed by atoms with E-state index in [0.717, 1.165) is 25.7 Å². The van der Waals surface area contributed by atoms with Gasteiger partial charge in [0.2, 0.25) is 11.9 Å². The van der Waals surface area contributed by atoms with Crippen molar-refractivity contribution in [3.05, 3.63) is 0 Å². The molecule has 7 nitrogen and oxygen atoms in total. The van der Waals surface area contributed by atoms with Gasteiger partial charge in [0, 0.05) is 19.1 Å². The van der Waals surface area contributed by atoms with E-state index in [2.05, 4.69) is 25.2 Å². The van der Waals surface area contributed by atoms with E-state index >= 15 is 0 Å². The third-order valence-electron chi connectivity index (χ3n) is 4.04. The molecule has 0 amide bonds. The van der Waals surface area contributed by atoms with Crippen molar-refractivity contribution in [1.82, 2.24) is 15.0 Å². The van der Waals surface area contributed by atoms with Gasteiger partial charge in [-0.15, -0.1) is 0 Å². The fraction of sp³-hybridized carbons (Fsp3) is 0.769. The Hall–Kier alpha value is -1.63. The smallest absolute Gasteiger partial charge is 0.323 e. The molecule has 2 bridgehead atoms. The number of aliphatic hydroxyl groups is 1. The first kappa shape index (κ1) is 13.4. The molecule has 0 saturated carbocycles. The number of nitrogens with zero attached hydrogens (tertiary/aromatic N) is 4. The van der Waals surface area contributed by atoms with Crippen LogP contribution in [0.1, 0.15) is 32.6 Å². The monoisotopic (exact) mass is 279 g/mol. The highest BCUT2D eigenvalue weighted by Gasteiger charge is 2.41. The molecule has 0 aliphatic carbocycles. The zero-order valence-electron chi connectivity index (χ0n) is 11.9. The van der Waals surface area contributed by atoms with Crippen molar-refractivity contribution >= 4 is 11.9 Å². The van der Waals surface area contributed by atoms with Gasteiger partial charge in [-0.1, -0.05) is 0 Å². The predicted octanol–water partition coefficient (Wildman–Crippen LogP) is 0.804. The lowest BCUT2D eigenvalue weighted by Crippen LogP contribution is -2.45. The van der Waals surface area contributed by atoms with E-state index in [9.17, 15) is 5.11 Å². The number of aliphatic hydroxyl groups excluding tert-OH is 1. The van der Waals surface area contributed by atoms with Crippen LogP contribution in [-0.4, -0.2) is 51.9 Å². The lowest BCUT2D eigenvalue weighted by molar-refractivity contribution is 0.125. The Balaban J connectivity index is 1.91. The van der Waals surface area contributed by atoms with Crippen LogP contribution < -0.4 is 15.0 Å². The van der Waals surface area contributed by atoms with Crippen molar-refractivity contribution in [1.29, 1.82) is 0 Å². The van der Waals surface area contributed by atoms with E-state index < -0.39 is 0 Å². The summed E-state index contributed by atoms with van der Waals surface area (Å²) in [7, 11) is 1.78. The fourth-order valence-electron chi connectivity index (χ4n) is 3.24. The van der Waals surface area contributed by atoms with E-state index in [1.54, 1.807) is 7.05 Å². The number of anilines is 2. The minimum atomic E-state index is -0.194. The van der Waals surface area contributed by atoms with Crippen LogP contribution in [0.25, 0.3) is 0 Å². The zero-order valence-corrected chi connectivity index (χ0v) is 11.9. The molecule has 0 spiro atoms.